The first kappa shape index (κ1) is 20.8. The number of hydrogen-bond donors (Lipinski definition) is 1. The van der Waals surface area contributed by atoms with Gasteiger partial charge in [-0.15, -0.1) is 0 Å². The molecule has 31 heavy (non-hydrogen) atoms. The number of rotatable bonds is 4. The van der Waals surface area contributed by atoms with Gasteiger partial charge in [-0.05, 0) is 56.0 Å². The number of nitrogens with one attached hydrogen (secondary N) is 1. The number of fused-ring (bicyclic) bond motifs is 1. The highest BCUT2D eigenvalue weighted by molar-refractivity contribution is 6.06. The number of hydrogen-bond acceptors (Lipinski definition) is 3. The van der Waals surface area contributed by atoms with E-state index in [-0.39, 0.29) is 18.3 Å². The number of aryl methyl sites for hydroxylation is 1. The molecule has 3 aromatic rings. The average molecular weight is 421 g/mol. The lowest BCUT2D eigenvalue weighted by Crippen LogP contribution is -2.37. The van der Waals surface area contributed by atoms with Crippen LogP contribution in [0.1, 0.15) is 35.2 Å². The van der Waals surface area contributed by atoms with Crippen LogP contribution >= 0.6 is 0 Å². The summed E-state index contributed by atoms with van der Waals surface area (Å²) in [5, 5.41) is 3.37. The summed E-state index contributed by atoms with van der Waals surface area (Å²) in [7, 11) is 0. The van der Waals surface area contributed by atoms with Gasteiger partial charge in [0.25, 0.3) is 11.5 Å². The molecule has 1 fully saturated rings. The molecular weight excluding hydrogens is 397 g/mol. The minimum absolute atomic E-state index is 0.147. The third kappa shape index (κ3) is 4.35. The number of anilines is 1. The number of halogens is 1. The number of likely N-dealkylation sites (tertiary alicyclic amines) is 1. The highest BCUT2D eigenvalue weighted by Gasteiger charge is 2.22. The topological polar surface area (TPSA) is 71.4 Å². The predicted octanol–water partition coefficient (Wildman–Crippen LogP) is 3.71. The number of para-hydroxylation sites is 1. The van der Waals surface area contributed by atoms with Crippen LogP contribution in [0.3, 0.4) is 0 Å². The minimum atomic E-state index is -0.412. The first-order valence-electron chi connectivity index (χ1n) is 10.4. The molecular formula is C24H24FN3O3. The van der Waals surface area contributed by atoms with Crippen LogP contribution in [0.15, 0.2) is 53.3 Å². The van der Waals surface area contributed by atoms with Crippen molar-refractivity contribution in [2.24, 2.45) is 0 Å². The van der Waals surface area contributed by atoms with E-state index in [9.17, 15) is 18.8 Å². The van der Waals surface area contributed by atoms with Crippen LogP contribution in [-0.4, -0.2) is 34.4 Å². The molecule has 1 N–H and O–H groups in total. The molecule has 0 aliphatic carbocycles. The Bertz CT molecular complexity index is 1210. The highest BCUT2D eigenvalue weighted by atomic mass is 19.1. The molecule has 2 aromatic carbocycles. The lowest BCUT2D eigenvalue weighted by atomic mass is 10.0. The van der Waals surface area contributed by atoms with Crippen LogP contribution in [0.5, 0.6) is 0 Å². The molecule has 7 heteroatoms. The molecule has 6 nitrogen and oxygen atoms in total. The highest BCUT2D eigenvalue weighted by Crippen LogP contribution is 2.21. The Balaban J connectivity index is 1.66. The van der Waals surface area contributed by atoms with Crippen molar-refractivity contribution in [1.82, 2.24) is 9.47 Å². The Morgan fingerprint density at radius 1 is 1.03 bits per heavy atom. The molecule has 1 aliphatic heterocycles. The summed E-state index contributed by atoms with van der Waals surface area (Å²) in [4.78, 5) is 40.4. The van der Waals surface area contributed by atoms with Crippen molar-refractivity contribution >= 4 is 28.4 Å². The number of carbonyl (C=O) groups excluding carboxylic acids is 2. The fourth-order valence-electron chi connectivity index (χ4n) is 4.04. The van der Waals surface area contributed by atoms with Crippen LogP contribution in [0.25, 0.3) is 10.9 Å². The molecule has 160 valence electrons. The van der Waals surface area contributed by atoms with Gasteiger partial charge in [0.05, 0.1) is 11.1 Å². The van der Waals surface area contributed by atoms with Gasteiger partial charge in [0.15, 0.2) is 0 Å². The van der Waals surface area contributed by atoms with Gasteiger partial charge in [0.2, 0.25) is 5.91 Å². The lowest BCUT2D eigenvalue weighted by Gasteiger charge is -2.27. The smallest absolute Gasteiger partial charge is 0.254 e. The predicted molar refractivity (Wildman–Crippen MR) is 118 cm³/mol. The molecule has 1 aliphatic rings. The quantitative estimate of drug-likeness (QED) is 0.698. The van der Waals surface area contributed by atoms with E-state index >= 15 is 0 Å². The maximum absolute atomic E-state index is 13.3. The maximum atomic E-state index is 13.3. The monoisotopic (exact) mass is 421 g/mol. The van der Waals surface area contributed by atoms with E-state index in [2.05, 4.69) is 5.32 Å². The summed E-state index contributed by atoms with van der Waals surface area (Å²) >= 11 is 0. The second-order valence-corrected chi connectivity index (χ2v) is 7.86. The van der Waals surface area contributed by atoms with Crippen molar-refractivity contribution in [2.45, 2.75) is 32.7 Å². The molecule has 1 aromatic heterocycles. The van der Waals surface area contributed by atoms with E-state index in [1.54, 1.807) is 30.0 Å². The zero-order valence-corrected chi connectivity index (χ0v) is 17.4. The summed E-state index contributed by atoms with van der Waals surface area (Å²) in [6.45, 7) is 2.86. The van der Waals surface area contributed by atoms with Gasteiger partial charge in [-0.2, -0.15) is 0 Å². The van der Waals surface area contributed by atoms with Gasteiger partial charge < -0.3 is 10.2 Å². The molecule has 0 spiro atoms. The van der Waals surface area contributed by atoms with E-state index in [1.165, 1.54) is 28.8 Å². The van der Waals surface area contributed by atoms with E-state index < -0.39 is 11.5 Å². The fourth-order valence-corrected chi connectivity index (χ4v) is 4.04. The van der Waals surface area contributed by atoms with Crippen molar-refractivity contribution in [2.75, 3.05) is 18.4 Å². The lowest BCUT2D eigenvalue weighted by molar-refractivity contribution is -0.116. The van der Waals surface area contributed by atoms with Crippen LogP contribution in [0, 0.1) is 12.7 Å². The molecule has 2 heterocycles. The minimum Gasteiger partial charge on any atom is -0.339 e. The Labute approximate surface area is 179 Å². The Morgan fingerprint density at radius 3 is 2.52 bits per heavy atom. The van der Waals surface area contributed by atoms with Crippen LogP contribution < -0.4 is 10.9 Å². The number of pyridine rings is 1. The molecule has 4 rings (SSSR count). The first-order chi connectivity index (χ1) is 14.9. The number of amides is 2. The van der Waals surface area contributed by atoms with E-state index in [4.69, 9.17) is 0 Å². The van der Waals surface area contributed by atoms with Crippen molar-refractivity contribution in [3.05, 3.63) is 75.8 Å². The second kappa shape index (κ2) is 8.71. The number of benzene rings is 2. The molecule has 2 amide bonds. The Kier molecular flexibility index (Phi) is 5.84. The molecule has 0 radical (unpaired) electrons. The number of piperidine rings is 1. The zero-order chi connectivity index (χ0) is 22.0. The third-order valence-electron chi connectivity index (χ3n) is 5.66. The number of aromatic nitrogens is 1. The molecule has 0 atom stereocenters. The molecule has 0 saturated carbocycles. The summed E-state index contributed by atoms with van der Waals surface area (Å²) in [5.74, 6) is -0.935. The summed E-state index contributed by atoms with van der Waals surface area (Å²) in [6, 6.07) is 12.5. The van der Waals surface area contributed by atoms with E-state index in [0.29, 0.717) is 40.8 Å². The van der Waals surface area contributed by atoms with Gasteiger partial charge in [0, 0.05) is 30.2 Å². The standard InChI is InChI=1S/C24H24FN3O3/c1-16-13-17(25)9-10-20(16)26-22(29)15-28-21-8-4-3-7-18(21)19(14-23(28)30)24(31)27-11-5-2-6-12-27/h3-4,7-10,13-14H,2,5-6,11-12,15H2,1H3,(H,26,29). The second-order valence-electron chi connectivity index (χ2n) is 7.86. The summed E-state index contributed by atoms with van der Waals surface area (Å²) in [6.07, 6.45) is 3.03. The number of nitrogens with zero attached hydrogens (tertiary/aromatic N) is 2. The van der Waals surface area contributed by atoms with Gasteiger partial charge >= 0.3 is 0 Å². The third-order valence-corrected chi connectivity index (χ3v) is 5.66. The summed E-state index contributed by atoms with van der Waals surface area (Å²) in [5.41, 5.74) is 1.56. The van der Waals surface area contributed by atoms with Crippen LogP contribution in [0.2, 0.25) is 0 Å². The van der Waals surface area contributed by atoms with Crippen molar-refractivity contribution in [3.8, 4) is 0 Å². The average Bonchev–Trinajstić information content (AvgIpc) is 2.77. The van der Waals surface area contributed by atoms with Crippen LogP contribution in [-0.2, 0) is 11.3 Å². The SMILES string of the molecule is Cc1cc(F)ccc1NC(=O)Cn1c(=O)cc(C(=O)N2CCCCC2)c2ccccc21. The van der Waals surface area contributed by atoms with Gasteiger partial charge in [0.1, 0.15) is 12.4 Å². The van der Waals surface area contributed by atoms with Gasteiger partial charge in [-0.25, -0.2) is 4.39 Å². The summed E-state index contributed by atoms with van der Waals surface area (Å²) < 4.78 is 14.7. The fraction of sp³-hybridized carbons (Fsp3) is 0.292. The molecule has 0 unspecified atom stereocenters. The van der Waals surface area contributed by atoms with Crippen molar-refractivity contribution in [3.63, 3.8) is 0 Å². The normalized spacial score (nSPS) is 13.9. The number of carbonyl (C=O) groups is 2. The van der Waals surface area contributed by atoms with E-state index in [0.717, 1.165) is 19.3 Å². The van der Waals surface area contributed by atoms with Crippen LogP contribution in [0.4, 0.5) is 10.1 Å². The first-order valence-corrected chi connectivity index (χ1v) is 10.4. The van der Waals surface area contributed by atoms with Crippen molar-refractivity contribution in [1.29, 1.82) is 0 Å². The zero-order valence-electron chi connectivity index (χ0n) is 17.4. The Morgan fingerprint density at radius 2 is 1.77 bits per heavy atom. The Hall–Kier alpha value is -3.48. The van der Waals surface area contributed by atoms with E-state index in [1.807, 2.05) is 6.07 Å². The van der Waals surface area contributed by atoms with Gasteiger partial charge in [-0.3, -0.25) is 19.0 Å². The maximum Gasteiger partial charge on any atom is 0.254 e. The molecule has 1 saturated heterocycles. The largest absolute Gasteiger partial charge is 0.339 e. The van der Waals surface area contributed by atoms with Gasteiger partial charge in [-0.1, -0.05) is 18.2 Å². The molecule has 0 bridgehead atoms. The van der Waals surface area contributed by atoms with Crippen molar-refractivity contribution < 1.29 is 14.0 Å².